The van der Waals surface area contributed by atoms with E-state index in [4.69, 9.17) is 9.72 Å². The molecule has 1 unspecified atom stereocenters. The van der Waals surface area contributed by atoms with Crippen LogP contribution in [0.25, 0.3) is 11.3 Å². The van der Waals surface area contributed by atoms with Gasteiger partial charge in [0.1, 0.15) is 6.67 Å². The van der Waals surface area contributed by atoms with Gasteiger partial charge in [-0.15, -0.1) is 0 Å². The first-order valence-corrected chi connectivity index (χ1v) is 12.9. The summed E-state index contributed by atoms with van der Waals surface area (Å²) in [6.07, 6.45) is 3.33. The number of rotatable bonds is 5. The fraction of sp³-hybridized carbons (Fsp3) is 0.370. The quantitative estimate of drug-likeness (QED) is 0.488. The summed E-state index contributed by atoms with van der Waals surface area (Å²) in [6.45, 7) is 5.39. The van der Waals surface area contributed by atoms with Gasteiger partial charge in [-0.2, -0.15) is 0 Å². The molecule has 10 heteroatoms. The van der Waals surface area contributed by atoms with Gasteiger partial charge < -0.3 is 25.0 Å². The number of aromatic nitrogens is 2. The lowest BCUT2D eigenvalue weighted by molar-refractivity contribution is 0.102. The Kier molecular flexibility index (Phi) is 6.74. The molecule has 3 N–H and O–H groups in total. The van der Waals surface area contributed by atoms with Gasteiger partial charge in [-0.05, 0) is 55.3 Å². The number of hydrazine groups is 1. The fourth-order valence-electron chi connectivity index (χ4n) is 4.91. The van der Waals surface area contributed by atoms with Crippen LogP contribution in [0.2, 0.25) is 0 Å². The Morgan fingerprint density at radius 3 is 2.68 bits per heavy atom. The van der Waals surface area contributed by atoms with Crippen molar-refractivity contribution in [3.63, 3.8) is 0 Å². The van der Waals surface area contributed by atoms with Crippen molar-refractivity contribution in [1.29, 1.82) is 0 Å². The van der Waals surface area contributed by atoms with Gasteiger partial charge in [-0.1, -0.05) is 12.1 Å². The van der Waals surface area contributed by atoms with Gasteiger partial charge in [-0.3, -0.25) is 10.4 Å². The zero-order valence-corrected chi connectivity index (χ0v) is 20.8. The Bertz CT molecular complexity index is 1250. The zero-order chi connectivity index (χ0) is 25.0. The van der Waals surface area contributed by atoms with Crippen LogP contribution in [0.1, 0.15) is 12.8 Å². The number of nitrogens with one attached hydrogen (secondary N) is 2. The lowest BCUT2D eigenvalue weighted by Crippen LogP contribution is -2.49. The van der Waals surface area contributed by atoms with Crippen LogP contribution in [0.15, 0.2) is 65.8 Å². The number of β-amino-alcohol motifs (C(OH)–C–C–N with tert-alkyl or cyclic N) is 1. The molecule has 0 spiro atoms. The van der Waals surface area contributed by atoms with Gasteiger partial charge in [-0.25, -0.2) is 15.0 Å². The average molecular weight is 501 g/mol. The molecule has 37 heavy (non-hydrogen) atoms. The van der Waals surface area contributed by atoms with E-state index < -0.39 is 0 Å². The van der Waals surface area contributed by atoms with Crippen LogP contribution in [-0.4, -0.2) is 78.1 Å². The maximum absolute atomic E-state index is 9.96. The first-order valence-electron chi connectivity index (χ1n) is 12.9. The molecule has 4 heterocycles. The van der Waals surface area contributed by atoms with Gasteiger partial charge in [0, 0.05) is 49.3 Å². The normalized spacial score (nSPS) is 20.0. The maximum atomic E-state index is 9.96. The Balaban J connectivity index is 1.10. The second-order valence-corrected chi connectivity index (χ2v) is 9.49. The van der Waals surface area contributed by atoms with E-state index >= 15 is 0 Å². The van der Waals surface area contributed by atoms with Crippen molar-refractivity contribution in [2.45, 2.75) is 18.9 Å². The molecular weight excluding hydrogens is 468 g/mol. The molecule has 0 amide bonds. The Morgan fingerprint density at radius 2 is 1.84 bits per heavy atom. The molecule has 2 saturated heterocycles. The molecular formula is C27H32N8O2. The predicted molar refractivity (Wildman–Crippen MR) is 145 cm³/mol. The number of aliphatic hydroxyl groups is 1. The summed E-state index contributed by atoms with van der Waals surface area (Å²) in [5, 5.41) is 15.3. The molecule has 0 saturated carbocycles. The van der Waals surface area contributed by atoms with E-state index in [1.165, 1.54) is 5.69 Å². The first-order chi connectivity index (χ1) is 18.2. The third-order valence-electron chi connectivity index (χ3n) is 6.90. The van der Waals surface area contributed by atoms with Gasteiger partial charge in [0.15, 0.2) is 0 Å². The highest BCUT2D eigenvalue weighted by atomic mass is 16.5. The van der Waals surface area contributed by atoms with E-state index in [9.17, 15) is 5.11 Å². The van der Waals surface area contributed by atoms with Crippen molar-refractivity contribution >= 4 is 29.0 Å². The number of aliphatic hydroxyl groups excluding tert-OH is 1. The number of anilines is 4. The average Bonchev–Trinajstić information content (AvgIpc) is 3.45. The molecule has 3 aliphatic rings. The minimum absolute atomic E-state index is 0.285. The number of aliphatic imine (C=N–C) groups is 1. The topological polar surface area (TPSA) is 101 Å². The molecule has 2 aromatic carbocycles. The Hall–Kier alpha value is -3.89. The smallest absolute Gasteiger partial charge is 0.227 e. The van der Waals surface area contributed by atoms with Gasteiger partial charge >= 0.3 is 0 Å². The number of hydrogen-bond donors (Lipinski definition) is 3. The number of ether oxygens (including phenoxy) is 1. The Morgan fingerprint density at radius 1 is 0.973 bits per heavy atom. The largest absolute Gasteiger partial charge is 0.391 e. The van der Waals surface area contributed by atoms with Crippen molar-refractivity contribution in [2.75, 3.05) is 61.3 Å². The summed E-state index contributed by atoms with van der Waals surface area (Å²) in [4.78, 5) is 18.3. The highest BCUT2D eigenvalue weighted by molar-refractivity contribution is 5.84. The number of likely N-dealkylation sites (tertiary alicyclic amines) is 1. The van der Waals surface area contributed by atoms with E-state index in [0.717, 1.165) is 74.3 Å². The number of hydrogen-bond acceptors (Lipinski definition) is 10. The molecule has 1 atom stereocenters. The number of piperidine rings is 1. The molecule has 3 aromatic rings. The molecule has 0 radical (unpaired) electrons. The van der Waals surface area contributed by atoms with E-state index in [-0.39, 0.29) is 6.10 Å². The lowest BCUT2D eigenvalue weighted by atomic mass is 10.1. The second kappa shape index (κ2) is 10.6. The van der Waals surface area contributed by atoms with Gasteiger partial charge in [0.25, 0.3) is 0 Å². The second-order valence-electron chi connectivity index (χ2n) is 9.49. The molecule has 0 aliphatic carbocycles. The monoisotopic (exact) mass is 500 g/mol. The van der Waals surface area contributed by atoms with Crippen LogP contribution >= 0.6 is 0 Å². The van der Waals surface area contributed by atoms with Crippen molar-refractivity contribution in [1.82, 2.24) is 20.3 Å². The number of guanidine groups is 1. The zero-order valence-electron chi connectivity index (χ0n) is 20.8. The Labute approximate surface area is 216 Å². The fourth-order valence-corrected chi connectivity index (χ4v) is 4.91. The van der Waals surface area contributed by atoms with Crippen molar-refractivity contribution in [3.8, 4) is 11.3 Å². The predicted octanol–water partition coefficient (Wildman–Crippen LogP) is 2.82. The molecule has 6 rings (SSSR count). The van der Waals surface area contributed by atoms with E-state index in [1.807, 2.05) is 35.3 Å². The standard InChI is InChI=1S/C27H32N8O2/c36-24-5-2-12-34(18-24)27-29-19-35(32-27)22-8-6-21(7-9-22)30-26-28-11-10-25(31-26)20-3-1-4-23(17-20)33-13-15-37-16-14-33/h1,3-4,6-11,17,24,36H,2,5,12-16,18-19H2,(H,29,32)(H,28,30,31). The third-order valence-corrected chi connectivity index (χ3v) is 6.90. The molecule has 192 valence electrons. The summed E-state index contributed by atoms with van der Waals surface area (Å²) < 4.78 is 5.49. The van der Waals surface area contributed by atoms with Gasteiger partial charge in [0.05, 0.1) is 30.7 Å². The van der Waals surface area contributed by atoms with Gasteiger partial charge in [0.2, 0.25) is 11.9 Å². The first kappa shape index (κ1) is 23.5. The van der Waals surface area contributed by atoms with Crippen LogP contribution in [0.5, 0.6) is 0 Å². The van der Waals surface area contributed by atoms with Crippen LogP contribution in [0.3, 0.4) is 0 Å². The highest BCUT2D eigenvalue weighted by Gasteiger charge is 2.25. The van der Waals surface area contributed by atoms with E-state index in [2.05, 4.69) is 54.8 Å². The van der Waals surface area contributed by atoms with Crippen LogP contribution < -0.4 is 20.7 Å². The molecule has 2 fully saturated rings. The maximum Gasteiger partial charge on any atom is 0.227 e. The summed E-state index contributed by atoms with van der Waals surface area (Å²) in [6, 6.07) is 18.5. The number of morpholine rings is 1. The lowest BCUT2D eigenvalue weighted by Gasteiger charge is -2.32. The molecule has 1 aromatic heterocycles. The highest BCUT2D eigenvalue weighted by Crippen LogP contribution is 2.26. The van der Waals surface area contributed by atoms with Crippen molar-refractivity contribution in [3.05, 3.63) is 60.8 Å². The number of nitrogens with zero attached hydrogens (tertiary/aromatic N) is 6. The molecule has 3 aliphatic heterocycles. The minimum atomic E-state index is -0.285. The van der Waals surface area contributed by atoms with Crippen LogP contribution in [-0.2, 0) is 4.74 Å². The summed E-state index contributed by atoms with van der Waals surface area (Å²) in [7, 11) is 0. The number of benzene rings is 2. The van der Waals surface area contributed by atoms with E-state index in [0.29, 0.717) is 19.2 Å². The summed E-state index contributed by atoms with van der Waals surface area (Å²) in [5.41, 5.74) is 8.39. The minimum Gasteiger partial charge on any atom is -0.391 e. The molecule has 10 nitrogen and oxygen atoms in total. The van der Waals surface area contributed by atoms with Crippen LogP contribution in [0, 0.1) is 0 Å². The van der Waals surface area contributed by atoms with Crippen molar-refractivity contribution < 1.29 is 9.84 Å². The van der Waals surface area contributed by atoms with E-state index in [1.54, 1.807) is 6.20 Å². The van der Waals surface area contributed by atoms with Crippen LogP contribution in [0.4, 0.5) is 23.0 Å². The SMILES string of the molecule is OC1CCCN(C2=NCN(c3ccc(Nc4nccc(-c5cccc(N6CCOCC6)c5)n4)cc3)N2)C1. The third kappa shape index (κ3) is 5.45. The molecule has 0 bridgehead atoms. The summed E-state index contributed by atoms with van der Waals surface area (Å²) in [5.74, 6) is 1.37. The summed E-state index contributed by atoms with van der Waals surface area (Å²) >= 11 is 0. The van der Waals surface area contributed by atoms with Crippen molar-refractivity contribution in [2.24, 2.45) is 4.99 Å².